The Hall–Kier alpha value is -0.450. The van der Waals surface area contributed by atoms with Gasteiger partial charge in [0.05, 0.1) is 13.2 Å². The van der Waals surface area contributed by atoms with Crippen molar-refractivity contribution in [1.29, 1.82) is 0 Å². The second-order valence-electron chi connectivity index (χ2n) is 3.71. The topological polar surface area (TPSA) is 25.4 Å². The molecular formula is C11H15BrN2O. The normalized spacial score (nSPS) is 22.9. The summed E-state index contributed by atoms with van der Waals surface area (Å²) in [7, 11) is 0. The highest BCUT2D eigenvalue weighted by Crippen LogP contribution is 2.13. The summed E-state index contributed by atoms with van der Waals surface area (Å²) in [5.41, 5.74) is 1.27. The number of aromatic nitrogens is 1. The Kier molecular flexibility index (Phi) is 4.11. The molecule has 0 aliphatic carbocycles. The summed E-state index contributed by atoms with van der Waals surface area (Å²) in [6, 6.07) is 4.59. The average molecular weight is 271 g/mol. The maximum atomic E-state index is 5.45. The molecule has 82 valence electrons. The predicted molar refractivity (Wildman–Crippen MR) is 63.0 cm³/mol. The molecule has 3 nitrogen and oxygen atoms in total. The molecule has 1 fully saturated rings. The molecule has 0 saturated carbocycles. The van der Waals surface area contributed by atoms with Gasteiger partial charge in [-0.05, 0) is 11.6 Å². The van der Waals surface area contributed by atoms with E-state index in [1.165, 1.54) is 5.56 Å². The summed E-state index contributed by atoms with van der Waals surface area (Å²) in [6.45, 7) is 3.63. The van der Waals surface area contributed by atoms with Crippen LogP contribution in [0, 0.1) is 0 Å². The zero-order valence-electron chi connectivity index (χ0n) is 8.60. The zero-order valence-corrected chi connectivity index (χ0v) is 10.2. The molecule has 0 amide bonds. The lowest BCUT2D eigenvalue weighted by Gasteiger charge is -2.34. The highest BCUT2D eigenvalue weighted by atomic mass is 79.9. The number of hydrogen-bond acceptors (Lipinski definition) is 3. The van der Waals surface area contributed by atoms with Crippen LogP contribution in [0.4, 0.5) is 0 Å². The molecular weight excluding hydrogens is 256 g/mol. The van der Waals surface area contributed by atoms with Crippen LogP contribution in [0.1, 0.15) is 5.56 Å². The summed E-state index contributed by atoms with van der Waals surface area (Å²) in [4.78, 5) is 6.57. The molecule has 2 heterocycles. The molecule has 0 N–H and O–H groups in total. The van der Waals surface area contributed by atoms with E-state index in [1.807, 2.05) is 18.5 Å². The number of morpholine rings is 1. The van der Waals surface area contributed by atoms with Crippen molar-refractivity contribution in [3.8, 4) is 0 Å². The van der Waals surface area contributed by atoms with E-state index in [2.05, 4.69) is 31.9 Å². The monoisotopic (exact) mass is 270 g/mol. The van der Waals surface area contributed by atoms with E-state index in [9.17, 15) is 0 Å². The molecule has 1 aliphatic heterocycles. The van der Waals surface area contributed by atoms with Crippen LogP contribution >= 0.6 is 15.9 Å². The molecule has 0 aromatic carbocycles. The van der Waals surface area contributed by atoms with Gasteiger partial charge >= 0.3 is 0 Å². The van der Waals surface area contributed by atoms with Gasteiger partial charge in [-0.2, -0.15) is 0 Å². The van der Waals surface area contributed by atoms with Crippen molar-refractivity contribution < 1.29 is 4.74 Å². The highest BCUT2D eigenvalue weighted by Gasteiger charge is 2.21. The Bertz CT molecular complexity index is 294. The molecule has 2 rings (SSSR count). The van der Waals surface area contributed by atoms with Gasteiger partial charge in [0.1, 0.15) is 0 Å². The minimum Gasteiger partial charge on any atom is -0.378 e. The van der Waals surface area contributed by atoms with Crippen molar-refractivity contribution in [2.75, 3.05) is 25.1 Å². The van der Waals surface area contributed by atoms with Gasteiger partial charge in [-0.15, -0.1) is 0 Å². The first-order valence-electron chi connectivity index (χ1n) is 5.17. The SMILES string of the molecule is BrCC1COCCN1Cc1cccnc1. The smallest absolute Gasteiger partial charge is 0.0630 e. The van der Waals surface area contributed by atoms with Crippen molar-refractivity contribution in [2.45, 2.75) is 12.6 Å². The number of halogens is 1. The number of nitrogens with zero attached hydrogens (tertiary/aromatic N) is 2. The zero-order chi connectivity index (χ0) is 10.5. The van der Waals surface area contributed by atoms with Gasteiger partial charge in [-0.3, -0.25) is 9.88 Å². The average Bonchev–Trinajstić information content (AvgIpc) is 2.31. The molecule has 0 radical (unpaired) electrons. The fourth-order valence-electron chi connectivity index (χ4n) is 1.77. The van der Waals surface area contributed by atoms with Gasteiger partial charge in [0.25, 0.3) is 0 Å². The summed E-state index contributed by atoms with van der Waals surface area (Å²) in [5, 5.41) is 0.966. The Balaban J connectivity index is 1.97. The summed E-state index contributed by atoms with van der Waals surface area (Å²) >= 11 is 3.53. The van der Waals surface area contributed by atoms with Gasteiger partial charge in [-0.1, -0.05) is 22.0 Å². The van der Waals surface area contributed by atoms with E-state index in [0.717, 1.165) is 31.6 Å². The molecule has 1 aliphatic rings. The molecule has 1 aromatic rings. The minimum absolute atomic E-state index is 0.485. The maximum absolute atomic E-state index is 5.45. The van der Waals surface area contributed by atoms with E-state index in [-0.39, 0.29) is 0 Å². The first kappa shape index (κ1) is 11.0. The van der Waals surface area contributed by atoms with E-state index < -0.39 is 0 Å². The largest absolute Gasteiger partial charge is 0.378 e. The van der Waals surface area contributed by atoms with E-state index in [4.69, 9.17) is 4.74 Å². The van der Waals surface area contributed by atoms with Crippen LogP contribution in [0.25, 0.3) is 0 Å². The molecule has 1 aromatic heterocycles. The van der Waals surface area contributed by atoms with E-state index in [1.54, 1.807) is 0 Å². The summed E-state index contributed by atoms with van der Waals surface area (Å²) in [6.07, 6.45) is 3.74. The molecule has 1 atom stereocenters. The number of pyridine rings is 1. The molecule has 1 unspecified atom stereocenters. The molecule has 0 spiro atoms. The van der Waals surface area contributed by atoms with Gasteiger partial charge in [-0.25, -0.2) is 0 Å². The third-order valence-electron chi connectivity index (χ3n) is 2.64. The summed E-state index contributed by atoms with van der Waals surface area (Å²) in [5.74, 6) is 0. The fraction of sp³-hybridized carbons (Fsp3) is 0.545. The van der Waals surface area contributed by atoms with Crippen LogP contribution < -0.4 is 0 Å². The second kappa shape index (κ2) is 5.58. The predicted octanol–water partition coefficient (Wildman–Crippen LogP) is 1.68. The Labute approximate surface area is 98.6 Å². The number of ether oxygens (including phenoxy) is 1. The number of rotatable bonds is 3. The standard InChI is InChI=1S/C11H15BrN2O/c12-6-11-9-15-5-4-14(11)8-10-2-1-3-13-7-10/h1-3,7,11H,4-6,8-9H2. The second-order valence-corrected chi connectivity index (χ2v) is 4.36. The van der Waals surface area contributed by atoms with E-state index >= 15 is 0 Å². The van der Waals surface area contributed by atoms with Crippen molar-refractivity contribution >= 4 is 15.9 Å². The molecule has 15 heavy (non-hydrogen) atoms. The van der Waals surface area contributed by atoms with Gasteiger partial charge in [0.15, 0.2) is 0 Å². The Morgan fingerprint density at radius 1 is 1.60 bits per heavy atom. The third-order valence-corrected chi connectivity index (χ3v) is 3.38. The first-order valence-corrected chi connectivity index (χ1v) is 6.29. The fourth-order valence-corrected chi connectivity index (χ4v) is 2.36. The first-order chi connectivity index (χ1) is 7.40. The highest BCUT2D eigenvalue weighted by molar-refractivity contribution is 9.09. The van der Waals surface area contributed by atoms with Crippen LogP contribution in [0.3, 0.4) is 0 Å². The van der Waals surface area contributed by atoms with Crippen molar-refractivity contribution in [3.63, 3.8) is 0 Å². The molecule has 0 bridgehead atoms. The van der Waals surface area contributed by atoms with Crippen LogP contribution in [0.5, 0.6) is 0 Å². The number of alkyl halides is 1. The quantitative estimate of drug-likeness (QED) is 0.782. The lowest BCUT2D eigenvalue weighted by molar-refractivity contribution is -0.00216. The van der Waals surface area contributed by atoms with E-state index in [0.29, 0.717) is 6.04 Å². The molecule has 1 saturated heterocycles. The Morgan fingerprint density at radius 2 is 2.53 bits per heavy atom. The van der Waals surface area contributed by atoms with Crippen LogP contribution in [-0.2, 0) is 11.3 Å². The lowest BCUT2D eigenvalue weighted by Crippen LogP contribution is -2.45. The van der Waals surface area contributed by atoms with Crippen LogP contribution in [-0.4, -0.2) is 41.0 Å². The van der Waals surface area contributed by atoms with Crippen molar-refractivity contribution in [3.05, 3.63) is 30.1 Å². The third kappa shape index (κ3) is 3.00. The maximum Gasteiger partial charge on any atom is 0.0630 e. The van der Waals surface area contributed by atoms with Crippen LogP contribution in [0.2, 0.25) is 0 Å². The van der Waals surface area contributed by atoms with Gasteiger partial charge in [0, 0.05) is 36.9 Å². The van der Waals surface area contributed by atoms with Crippen LogP contribution in [0.15, 0.2) is 24.5 Å². The Morgan fingerprint density at radius 3 is 3.27 bits per heavy atom. The van der Waals surface area contributed by atoms with Gasteiger partial charge in [0.2, 0.25) is 0 Å². The minimum atomic E-state index is 0.485. The van der Waals surface area contributed by atoms with Crippen molar-refractivity contribution in [2.24, 2.45) is 0 Å². The lowest BCUT2D eigenvalue weighted by atomic mass is 10.2. The number of hydrogen-bond donors (Lipinski definition) is 0. The van der Waals surface area contributed by atoms with Crippen molar-refractivity contribution in [1.82, 2.24) is 9.88 Å². The van der Waals surface area contributed by atoms with Gasteiger partial charge < -0.3 is 4.74 Å². The molecule has 4 heteroatoms. The summed E-state index contributed by atoms with van der Waals surface area (Å²) < 4.78 is 5.45.